The van der Waals surface area contributed by atoms with Crippen LogP contribution in [0.2, 0.25) is 0 Å². The van der Waals surface area contributed by atoms with Gasteiger partial charge >= 0.3 is 6.18 Å². The van der Waals surface area contributed by atoms with Gasteiger partial charge in [0.2, 0.25) is 11.9 Å². The van der Waals surface area contributed by atoms with Crippen LogP contribution in [-0.2, 0) is 25.2 Å². The number of thioether (sulfide) groups is 1. The molecule has 7 nitrogen and oxygen atoms in total. The minimum atomic E-state index is -4.54. The molecule has 1 aromatic rings. The Labute approximate surface area is 244 Å². The van der Waals surface area contributed by atoms with Crippen molar-refractivity contribution in [3.8, 4) is 0 Å². The van der Waals surface area contributed by atoms with E-state index < -0.39 is 39.0 Å². The monoisotopic (exact) mass is 599 g/mol. The molecule has 42 heavy (non-hydrogen) atoms. The highest BCUT2D eigenvalue weighted by Gasteiger charge is 2.64. The fourth-order valence-corrected chi connectivity index (χ4v) is 7.63. The van der Waals surface area contributed by atoms with Crippen molar-refractivity contribution in [2.75, 3.05) is 20.9 Å². The molecule has 1 heterocycles. The van der Waals surface area contributed by atoms with E-state index in [0.717, 1.165) is 12.1 Å². The van der Waals surface area contributed by atoms with Crippen LogP contribution < -0.4 is 0 Å². The predicted octanol–water partition coefficient (Wildman–Crippen LogP) is 5.79. The second-order valence-corrected chi connectivity index (χ2v) is 12.6. The first-order valence-corrected chi connectivity index (χ1v) is 14.2. The van der Waals surface area contributed by atoms with Gasteiger partial charge in [0, 0.05) is 54.8 Å². The Balaban J connectivity index is 1.65. The van der Waals surface area contributed by atoms with Gasteiger partial charge in [-0.1, -0.05) is 38.1 Å². The van der Waals surface area contributed by atoms with Gasteiger partial charge in [0.1, 0.15) is 5.76 Å². The number of benzene rings is 1. The molecule has 1 aliphatic heterocycles. The molecule has 0 fully saturated rings. The molecule has 0 spiro atoms. The molecule has 11 heteroatoms. The molecule has 220 valence electrons. The molecule has 4 aliphatic carbocycles. The lowest BCUT2D eigenvalue weighted by atomic mass is 9.47. The minimum Gasteiger partial charge on any atom is -0.458 e. The van der Waals surface area contributed by atoms with Crippen LogP contribution in [0.25, 0.3) is 5.57 Å². The van der Waals surface area contributed by atoms with Gasteiger partial charge in [-0.05, 0) is 46.9 Å². The maximum absolute atomic E-state index is 14.6. The number of carbonyl (C=O) groups is 3. The Hall–Kier alpha value is -3.57. The molecule has 0 saturated carbocycles. The fourth-order valence-electron chi connectivity index (χ4n) is 6.73. The van der Waals surface area contributed by atoms with E-state index in [9.17, 15) is 32.7 Å². The zero-order valence-electron chi connectivity index (χ0n) is 23.3. The van der Waals surface area contributed by atoms with Gasteiger partial charge < -0.3 is 19.5 Å². The van der Waals surface area contributed by atoms with Gasteiger partial charge in [-0.2, -0.15) is 13.2 Å². The molecule has 0 saturated heterocycles. The van der Waals surface area contributed by atoms with E-state index in [1.54, 1.807) is 26.0 Å². The van der Waals surface area contributed by atoms with Crippen molar-refractivity contribution in [2.45, 2.75) is 39.0 Å². The quantitative estimate of drug-likeness (QED) is 0.460. The van der Waals surface area contributed by atoms with Gasteiger partial charge in [0.05, 0.1) is 17.1 Å². The standard InChI is InChI=1S/C31H28F3NO6S/c1-15-9-21-22(36)11-20-18-10-24-26(41-14-40-24)25(18)19(16-5-7-17(8-6-16)31(32,33)34)12-30(20,29(21,2)13-23(15)37)27(38)42-28(39)35(3)4/h5-9,11-12,15,23,37H,10,13-14H2,1-4H3/t15-,23-,29-,30-/m0/s1. The number of ether oxygens (including phenoxy) is 2. The van der Waals surface area contributed by atoms with Gasteiger partial charge in [-0.25, -0.2) is 0 Å². The first-order valence-electron chi connectivity index (χ1n) is 13.4. The van der Waals surface area contributed by atoms with E-state index in [-0.39, 0.29) is 31.3 Å². The third-order valence-corrected chi connectivity index (χ3v) is 10.0. The van der Waals surface area contributed by atoms with Gasteiger partial charge in [-0.15, -0.1) is 0 Å². The van der Waals surface area contributed by atoms with Gasteiger partial charge in [-0.3, -0.25) is 14.4 Å². The first kappa shape index (κ1) is 28.5. The summed E-state index contributed by atoms with van der Waals surface area (Å²) in [6.45, 7) is 3.49. The van der Waals surface area contributed by atoms with Crippen molar-refractivity contribution in [3.05, 3.63) is 87.4 Å². The summed E-state index contributed by atoms with van der Waals surface area (Å²) in [5.41, 5.74) is -1.06. The van der Waals surface area contributed by atoms with Crippen LogP contribution in [0.1, 0.15) is 37.8 Å². The van der Waals surface area contributed by atoms with Crippen LogP contribution in [0, 0.1) is 16.7 Å². The molecule has 1 N–H and O–H groups in total. The number of ketones is 1. The highest BCUT2D eigenvalue weighted by Crippen LogP contribution is 2.67. The molecule has 0 unspecified atom stereocenters. The molecule has 4 atom stereocenters. The van der Waals surface area contributed by atoms with Crippen LogP contribution in [0.5, 0.6) is 0 Å². The van der Waals surface area contributed by atoms with Crippen LogP contribution in [0.3, 0.4) is 0 Å². The number of aliphatic hydroxyl groups is 1. The Morgan fingerprint density at radius 3 is 2.45 bits per heavy atom. The van der Waals surface area contributed by atoms with Gasteiger partial charge in [0.15, 0.2) is 11.5 Å². The number of halogens is 3. The summed E-state index contributed by atoms with van der Waals surface area (Å²) in [5.74, 6) is 0.248. The van der Waals surface area contributed by atoms with Gasteiger partial charge in [0.25, 0.3) is 5.24 Å². The zero-order valence-corrected chi connectivity index (χ0v) is 24.1. The molecule has 0 aromatic heterocycles. The van der Waals surface area contributed by atoms with Crippen molar-refractivity contribution in [2.24, 2.45) is 16.7 Å². The third-order valence-electron chi connectivity index (χ3n) is 8.99. The largest absolute Gasteiger partial charge is 0.458 e. The number of fused-ring (bicyclic) bond motifs is 5. The molecule has 1 amide bonds. The van der Waals surface area contributed by atoms with E-state index in [1.165, 1.54) is 37.2 Å². The minimum absolute atomic E-state index is 0.0361. The lowest BCUT2D eigenvalue weighted by molar-refractivity contribution is -0.137. The lowest BCUT2D eigenvalue weighted by Crippen LogP contribution is -2.55. The van der Waals surface area contributed by atoms with Crippen molar-refractivity contribution < 1.29 is 42.1 Å². The highest BCUT2D eigenvalue weighted by molar-refractivity contribution is 8.26. The highest BCUT2D eigenvalue weighted by atomic mass is 32.2. The average Bonchev–Trinajstić information content (AvgIpc) is 3.52. The molecular formula is C31H28F3NO6S. The van der Waals surface area contributed by atoms with E-state index in [0.29, 0.717) is 56.7 Å². The summed E-state index contributed by atoms with van der Waals surface area (Å²) >= 11 is 0.502. The first-order chi connectivity index (χ1) is 19.7. The summed E-state index contributed by atoms with van der Waals surface area (Å²) in [5, 5.41) is 10.0. The van der Waals surface area contributed by atoms with Crippen LogP contribution >= 0.6 is 11.8 Å². The summed E-state index contributed by atoms with van der Waals surface area (Å²) in [6, 6.07) is 4.62. The normalized spacial score (nSPS) is 29.8. The third kappa shape index (κ3) is 3.96. The van der Waals surface area contributed by atoms with Crippen molar-refractivity contribution in [1.82, 2.24) is 4.90 Å². The number of nitrogens with zero attached hydrogens (tertiary/aromatic N) is 1. The smallest absolute Gasteiger partial charge is 0.416 e. The number of carbonyl (C=O) groups excluding carboxylic acids is 3. The van der Waals surface area contributed by atoms with E-state index in [2.05, 4.69) is 0 Å². The average molecular weight is 600 g/mol. The van der Waals surface area contributed by atoms with Crippen molar-refractivity contribution >= 4 is 33.5 Å². The van der Waals surface area contributed by atoms with E-state index in [1.807, 2.05) is 0 Å². The zero-order chi connectivity index (χ0) is 30.4. The van der Waals surface area contributed by atoms with Crippen molar-refractivity contribution in [1.29, 1.82) is 0 Å². The number of hydrogen-bond donors (Lipinski definition) is 1. The van der Waals surface area contributed by atoms with Crippen LogP contribution in [-0.4, -0.2) is 53.1 Å². The Morgan fingerprint density at radius 1 is 1.12 bits per heavy atom. The number of alkyl halides is 3. The molecule has 0 radical (unpaired) electrons. The summed E-state index contributed by atoms with van der Waals surface area (Å²) in [6.07, 6.45) is -0.416. The number of hydrogen-bond acceptors (Lipinski definition) is 7. The SMILES string of the molecule is C[C@H]1C=C2C(=O)C=C3C4=C(C(c5ccc(C(F)(F)F)cc5)=C[C@]3(C(=O)SC(=O)N(C)C)[C@@]2(C)C[C@@H]1O)C1=C(C4)OCO1. The maximum atomic E-state index is 14.6. The summed E-state index contributed by atoms with van der Waals surface area (Å²) in [7, 11) is 3.04. The molecular weight excluding hydrogens is 571 g/mol. The summed E-state index contributed by atoms with van der Waals surface area (Å²) in [4.78, 5) is 42.5. The molecule has 0 bridgehead atoms. The second-order valence-electron chi connectivity index (χ2n) is 11.6. The van der Waals surface area contributed by atoms with Crippen molar-refractivity contribution in [3.63, 3.8) is 0 Å². The molecule has 5 aliphatic rings. The molecule has 6 rings (SSSR count). The maximum Gasteiger partial charge on any atom is 0.416 e. The van der Waals surface area contributed by atoms with E-state index >= 15 is 0 Å². The fraction of sp³-hybridized carbons (Fsp3) is 0.387. The molecule has 1 aromatic carbocycles. The number of amides is 1. The topological polar surface area (TPSA) is 93.1 Å². The Morgan fingerprint density at radius 2 is 1.81 bits per heavy atom. The second kappa shape index (κ2) is 9.47. The Bertz CT molecular complexity index is 1600. The van der Waals surface area contributed by atoms with E-state index in [4.69, 9.17) is 9.47 Å². The lowest BCUT2D eigenvalue weighted by Gasteiger charge is -2.55. The van der Waals surface area contributed by atoms with Crippen LogP contribution in [0.4, 0.5) is 18.0 Å². The summed E-state index contributed by atoms with van der Waals surface area (Å²) < 4.78 is 51.8. The Kier molecular flexibility index (Phi) is 6.44. The predicted molar refractivity (Wildman–Crippen MR) is 148 cm³/mol. The van der Waals surface area contributed by atoms with Crippen LogP contribution in [0.15, 0.2) is 76.3 Å². The number of allylic oxidation sites excluding steroid dienone is 6. The number of rotatable bonds is 2. The number of aliphatic hydroxyl groups excluding tert-OH is 1.